The smallest absolute Gasteiger partial charge is 0.146 e. The van der Waals surface area contributed by atoms with Gasteiger partial charge in [0.2, 0.25) is 0 Å². The van der Waals surface area contributed by atoms with Crippen molar-refractivity contribution in [2.24, 2.45) is 5.92 Å². The maximum atomic E-state index is 15.1. The normalized spacial score (nSPS) is 17.8. The van der Waals surface area contributed by atoms with E-state index in [0.717, 1.165) is 29.7 Å². The maximum absolute atomic E-state index is 15.1. The highest BCUT2D eigenvalue weighted by Crippen LogP contribution is 2.37. The van der Waals surface area contributed by atoms with Crippen LogP contribution in [-0.2, 0) is 6.42 Å². The lowest BCUT2D eigenvalue weighted by atomic mass is 9.77. The molecule has 1 aliphatic carbocycles. The molecule has 0 N–H and O–H groups in total. The molecule has 0 heterocycles. The van der Waals surface area contributed by atoms with E-state index in [1.807, 2.05) is 24.3 Å². The molecular formula is C33H37F. The molecule has 0 aliphatic heterocycles. The molecule has 0 saturated heterocycles. The van der Waals surface area contributed by atoms with E-state index >= 15 is 4.39 Å². The number of hydrogen-bond donors (Lipinski definition) is 0. The predicted molar refractivity (Wildman–Crippen MR) is 144 cm³/mol. The summed E-state index contributed by atoms with van der Waals surface area (Å²) in [6.45, 7) is 6.06. The minimum atomic E-state index is -0.229. The summed E-state index contributed by atoms with van der Waals surface area (Å²) in [4.78, 5) is 0. The molecule has 1 aliphatic rings. The lowest BCUT2D eigenvalue weighted by molar-refractivity contribution is 0.303. The molecule has 1 heteroatoms. The molecule has 1 saturated carbocycles. The van der Waals surface area contributed by atoms with Crippen LogP contribution in [0.1, 0.15) is 92.9 Å². The van der Waals surface area contributed by atoms with Gasteiger partial charge in [0.1, 0.15) is 5.82 Å². The van der Waals surface area contributed by atoms with Crippen molar-refractivity contribution in [3.05, 3.63) is 95.3 Å². The molecule has 4 rings (SSSR count). The molecule has 3 aromatic rings. The highest BCUT2D eigenvalue weighted by atomic mass is 19.1. The van der Waals surface area contributed by atoms with Crippen LogP contribution in [0.4, 0.5) is 4.39 Å². The average molecular weight is 453 g/mol. The minimum Gasteiger partial charge on any atom is -0.205 e. The largest absolute Gasteiger partial charge is 0.205 e. The number of benzene rings is 3. The number of unbranched alkanes of at least 4 members (excludes halogenated alkanes) is 2. The van der Waals surface area contributed by atoms with Gasteiger partial charge in [-0.15, -0.1) is 6.58 Å². The van der Waals surface area contributed by atoms with Crippen molar-refractivity contribution in [1.29, 1.82) is 0 Å². The van der Waals surface area contributed by atoms with E-state index in [4.69, 9.17) is 0 Å². The van der Waals surface area contributed by atoms with E-state index in [2.05, 4.69) is 55.7 Å². The minimum absolute atomic E-state index is 0.229. The zero-order valence-electron chi connectivity index (χ0n) is 20.6. The first-order chi connectivity index (χ1) is 16.7. The lowest BCUT2D eigenvalue weighted by Gasteiger charge is -2.29. The van der Waals surface area contributed by atoms with Crippen molar-refractivity contribution in [1.82, 2.24) is 0 Å². The fourth-order valence-electron chi connectivity index (χ4n) is 5.31. The number of fused-ring (bicyclic) bond motifs is 1. The molecular weight excluding hydrogens is 415 g/mol. The van der Waals surface area contributed by atoms with Gasteiger partial charge in [-0.05, 0) is 85.1 Å². The fraction of sp³-hybridized carbons (Fsp3) is 0.394. The first-order valence-electron chi connectivity index (χ1n) is 13.1. The summed E-state index contributed by atoms with van der Waals surface area (Å²) >= 11 is 0. The Labute approximate surface area is 205 Å². The third kappa shape index (κ3) is 6.18. The van der Waals surface area contributed by atoms with Crippen LogP contribution < -0.4 is 0 Å². The van der Waals surface area contributed by atoms with Crippen molar-refractivity contribution in [3.63, 3.8) is 0 Å². The summed E-state index contributed by atoms with van der Waals surface area (Å²) in [6.07, 6.45) is 14.6. The van der Waals surface area contributed by atoms with Crippen LogP contribution in [-0.4, -0.2) is 0 Å². The van der Waals surface area contributed by atoms with Gasteiger partial charge < -0.3 is 0 Å². The summed E-state index contributed by atoms with van der Waals surface area (Å²) < 4.78 is 15.1. The lowest BCUT2D eigenvalue weighted by Crippen LogP contribution is -2.13. The van der Waals surface area contributed by atoms with E-state index in [-0.39, 0.29) is 5.82 Å². The van der Waals surface area contributed by atoms with Gasteiger partial charge in [0.05, 0.1) is 5.56 Å². The predicted octanol–water partition coefficient (Wildman–Crippen LogP) is 9.35. The Morgan fingerprint density at radius 2 is 1.74 bits per heavy atom. The Morgan fingerprint density at radius 1 is 0.941 bits per heavy atom. The molecule has 176 valence electrons. The van der Waals surface area contributed by atoms with Crippen molar-refractivity contribution >= 4 is 10.8 Å². The van der Waals surface area contributed by atoms with Crippen LogP contribution in [0.3, 0.4) is 0 Å². The molecule has 1 fully saturated rings. The number of hydrogen-bond acceptors (Lipinski definition) is 0. The molecule has 0 nitrogen and oxygen atoms in total. The third-order valence-corrected chi connectivity index (χ3v) is 7.44. The van der Waals surface area contributed by atoms with Crippen LogP contribution in [0.2, 0.25) is 0 Å². The monoisotopic (exact) mass is 452 g/mol. The zero-order chi connectivity index (χ0) is 23.8. The molecule has 0 bridgehead atoms. The van der Waals surface area contributed by atoms with Crippen molar-refractivity contribution in [2.75, 3.05) is 0 Å². The van der Waals surface area contributed by atoms with E-state index in [1.54, 1.807) is 6.07 Å². The highest BCUT2D eigenvalue weighted by Gasteiger charge is 2.21. The summed E-state index contributed by atoms with van der Waals surface area (Å²) in [5, 5.41) is 1.56. The van der Waals surface area contributed by atoms with Crippen molar-refractivity contribution < 1.29 is 4.39 Å². The highest BCUT2D eigenvalue weighted by molar-refractivity contribution is 5.85. The van der Waals surface area contributed by atoms with Crippen LogP contribution in [0.5, 0.6) is 0 Å². The standard InChI is InChI=1S/C33H37F/c1-3-5-7-9-25-10-16-28(17-11-25)29-18-12-26(13-19-29)14-20-30-21-22-31-24-27(8-6-4-2)15-23-32(31)33(30)34/h4,12-13,15,18-19,21-25,28H,2-3,5-11,16-17H2,1H3. The fourth-order valence-corrected chi connectivity index (χ4v) is 5.31. The van der Waals surface area contributed by atoms with E-state index < -0.39 is 0 Å². The first-order valence-corrected chi connectivity index (χ1v) is 13.1. The Hall–Kier alpha value is -2.85. The number of allylic oxidation sites excluding steroid dienone is 1. The first kappa shape index (κ1) is 24.3. The molecule has 3 aromatic carbocycles. The van der Waals surface area contributed by atoms with Gasteiger partial charge in [-0.1, -0.05) is 86.9 Å². The molecule has 0 atom stereocenters. The molecule has 0 radical (unpaired) electrons. The van der Waals surface area contributed by atoms with Gasteiger partial charge in [-0.25, -0.2) is 4.39 Å². The molecule has 0 unspecified atom stereocenters. The van der Waals surface area contributed by atoms with Crippen molar-refractivity contribution in [3.8, 4) is 11.8 Å². The zero-order valence-corrected chi connectivity index (χ0v) is 20.6. The number of rotatable bonds is 8. The Kier molecular flexibility index (Phi) is 8.59. The van der Waals surface area contributed by atoms with E-state index in [9.17, 15) is 0 Å². The van der Waals surface area contributed by atoms with E-state index in [1.165, 1.54) is 62.5 Å². The summed E-state index contributed by atoms with van der Waals surface area (Å²) in [5.74, 6) is 7.62. The second kappa shape index (κ2) is 12.0. The molecule has 0 spiro atoms. The van der Waals surface area contributed by atoms with Gasteiger partial charge in [-0.2, -0.15) is 0 Å². The second-order valence-electron chi connectivity index (χ2n) is 9.90. The molecule has 0 amide bonds. The van der Waals surface area contributed by atoms with Gasteiger partial charge in [-0.3, -0.25) is 0 Å². The Morgan fingerprint density at radius 3 is 2.47 bits per heavy atom. The topological polar surface area (TPSA) is 0 Å². The average Bonchev–Trinajstić information content (AvgIpc) is 2.88. The Bertz CT molecular complexity index is 1150. The van der Waals surface area contributed by atoms with Crippen molar-refractivity contribution in [2.45, 2.75) is 77.0 Å². The number of aryl methyl sites for hydroxylation is 1. The van der Waals surface area contributed by atoms with Crippen LogP contribution in [0, 0.1) is 23.6 Å². The quantitative estimate of drug-likeness (QED) is 0.181. The number of halogens is 1. The second-order valence-corrected chi connectivity index (χ2v) is 9.90. The summed E-state index contributed by atoms with van der Waals surface area (Å²) in [6, 6.07) is 18.4. The van der Waals surface area contributed by atoms with Crippen LogP contribution in [0.25, 0.3) is 10.8 Å². The van der Waals surface area contributed by atoms with Gasteiger partial charge >= 0.3 is 0 Å². The van der Waals surface area contributed by atoms with Crippen LogP contribution >= 0.6 is 0 Å². The van der Waals surface area contributed by atoms with Gasteiger partial charge in [0.15, 0.2) is 0 Å². The van der Waals surface area contributed by atoms with E-state index in [0.29, 0.717) is 16.9 Å². The summed E-state index contributed by atoms with van der Waals surface area (Å²) in [7, 11) is 0. The SMILES string of the molecule is C=CCCc1ccc2c(F)c(C#Cc3ccc(C4CCC(CCCCC)CC4)cc3)ccc2c1. The van der Waals surface area contributed by atoms with Crippen LogP contribution in [0.15, 0.2) is 67.3 Å². The molecule has 34 heavy (non-hydrogen) atoms. The summed E-state index contributed by atoms with van der Waals surface area (Å²) in [5.41, 5.74) is 4.03. The van der Waals surface area contributed by atoms with Gasteiger partial charge in [0, 0.05) is 10.9 Å². The molecule has 0 aromatic heterocycles. The Balaban J connectivity index is 1.39. The maximum Gasteiger partial charge on any atom is 0.146 e. The third-order valence-electron chi connectivity index (χ3n) is 7.44. The van der Waals surface area contributed by atoms with Gasteiger partial charge in [0.25, 0.3) is 0 Å².